The molecule has 1 N–H and O–H groups in total. The lowest BCUT2D eigenvalue weighted by Gasteiger charge is -2.06. The second-order valence-corrected chi connectivity index (χ2v) is 4.66. The van der Waals surface area contributed by atoms with Crippen molar-refractivity contribution < 1.29 is 9.18 Å². The van der Waals surface area contributed by atoms with Crippen LogP contribution in [0.3, 0.4) is 0 Å². The smallest absolute Gasteiger partial charge is 0.220 e. The molecule has 94 valence electrons. The van der Waals surface area contributed by atoms with Crippen LogP contribution in [-0.2, 0) is 11.2 Å². The molecular formula is C14H20FNO. The quantitative estimate of drug-likeness (QED) is 0.809. The predicted octanol–water partition coefficient (Wildman–Crippen LogP) is 2.92. The number of halogens is 1. The monoisotopic (exact) mass is 237 g/mol. The minimum Gasteiger partial charge on any atom is -0.356 e. The Morgan fingerprint density at radius 1 is 1.29 bits per heavy atom. The molecule has 0 atom stereocenters. The summed E-state index contributed by atoms with van der Waals surface area (Å²) in [6.45, 7) is 4.82. The molecule has 0 aliphatic rings. The topological polar surface area (TPSA) is 29.1 Å². The lowest BCUT2D eigenvalue weighted by molar-refractivity contribution is -0.121. The van der Waals surface area contributed by atoms with E-state index >= 15 is 0 Å². The summed E-state index contributed by atoms with van der Waals surface area (Å²) in [5.74, 6) is 0.424. The van der Waals surface area contributed by atoms with Crippen LogP contribution in [0.15, 0.2) is 24.3 Å². The van der Waals surface area contributed by atoms with Gasteiger partial charge in [0.1, 0.15) is 5.82 Å². The van der Waals surface area contributed by atoms with Gasteiger partial charge in [-0.2, -0.15) is 0 Å². The molecular weight excluding hydrogens is 217 g/mol. The molecule has 0 saturated carbocycles. The molecule has 17 heavy (non-hydrogen) atoms. The summed E-state index contributed by atoms with van der Waals surface area (Å²) in [7, 11) is 0. The van der Waals surface area contributed by atoms with Crippen molar-refractivity contribution in [2.45, 2.75) is 33.1 Å². The molecule has 2 nitrogen and oxygen atoms in total. The van der Waals surface area contributed by atoms with E-state index in [-0.39, 0.29) is 11.7 Å². The minimum atomic E-state index is -0.227. The van der Waals surface area contributed by atoms with Gasteiger partial charge in [-0.05, 0) is 36.5 Å². The fraction of sp³-hybridized carbons (Fsp3) is 0.500. The van der Waals surface area contributed by atoms with Crippen molar-refractivity contribution in [3.05, 3.63) is 35.6 Å². The molecule has 0 spiro atoms. The van der Waals surface area contributed by atoms with E-state index in [1.165, 1.54) is 12.1 Å². The molecule has 0 heterocycles. The summed E-state index contributed by atoms with van der Waals surface area (Å²) in [5, 5.41) is 2.87. The van der Waals surface area contributed by atoms with Gasteiger partial charge in [0.15, 0.2) is 0 Å². The summed E-state index contributed by atoms with van der Waals surface area (Å²) >= 11 is 0. The summed E-state index contributed by atoms with van der Waals surface area (Å²) in [6.07, 6.45) is 2.25. The van der Waals surface area contributed by atoms with Crippen molar-refractivity contribution >= 4 is 5.91 Å². The maximum Gasteiger partial charge on any atom is 0.220 e. The van der Waals surface area contributed by atoms with Gasteiger partial charge >= 0.3 is 0 Å². The maximum atomic E-state index is 12.6. The van der Waals surface area contributed by atoms with Gasteiger partial charge in [0.05, 0.1) is 0 Å². The number of carbonyl (C=O) groups is 1. The van der Waals surface area contributed by atoms with Gasteiger partial charge in [-0.25, -0.2) is 4.39 Å². The van der Waals surface area contributed by atoms with Crippen LogP contribution in [0.2, 0.25) is 0 Å². The number of benzene rings is 1. The van der Waals surface area contributed by atoms with Crippen LogP contribution in [0.1, 0.15) is 32.3 Å². The number of nitrogens with one attached hydrogen (secondary N) is 1. The highest BCUT2D eigenvalue weighted by Gasteiger charge is 2.02. The number of amides is 1. The average molecular weight is 237 g/mol. The van der Waals surface area contributed by atoms with Gasteiger partial charge in [0.25, 0.3) is 0 Å². The molecule has 1 aromatic carbocycles. The normalized spacial score (nSPS) is 10.6. The van der Waals surface area contributed by atoms with Crippen molar-refractivity contribution in [3.63, 3.8) is 0 Å². The van der Waals surface area contributed by atoms with Gasteiger partial charge in [-0.3, -0.25) is 4.79 Å². The Bertz CT molecular complexity index is 346. The SMILES string of the molecule is CC(C)CCC(=O)NCCc1ccc(F)cc1. The van der Waals surface area contributed by atoms with E-state index in [9.17, 15) is 9.18 Å². The molecule has 0 aliphatic heterocycles. The van der Waals surface area contributed by atoms with E-state index in [0.717, 1.165) is 18.4 Å². The Hall–Kier alpha value is -1.38. The van der Waals surface area contributed by atoms with Gasteiger partial charge in [-0.15, -0.1) is 0 Å². The highest BCUT2D eigenvalue weighted by Crippen LogP contribution is 2.04. The number of carbonyl (C=O) groups excluding carboxylic acids is 1. The third kappa shape index (κ3) is 6.05. The van der Waals surface area contributed by atoms with Gasteiger partial charge in [0.2, 0.25) is 5.91 Å². The number of hydrogen-bond acceptors (Lipinski definition) is 1. The zero-order valence-electron chi connectivity index (χ0n) is 10.5. The van der Waals surface area contributed by atoms with Gasteiger partial charge < -0.3 is 5.32 Å². The standard InChI is InChI=1S/C14H20FNO/c1-11(2)3-8-14(17)16-10-9-12-4-6-13(15)7-5-12/h4-7,11H,3,8-10H2,1-2H3,(H,16,17). The first kappa shape index (κ1) is 13.7. The van der Waals surface area contributed by atoms with Crippen LogP contribution < -0.4 is 5.32 Å². The van der Waals surface area contributed by atoms with Crippen LogP contribution in [0.25, 0.3) is 0 Å². The van der Waals surface area contributed by atoms with Crippen LogP contribution in [0, 0.1) is 11.7 Å². The van der Waals surface area contributed by atoms with Gasteiger partial charge in [0, 0.05) is 13.0 Å². The molecule has 1 rings (SSSR count). The fourth-order valence-electron chi connectivity index (χ4n) is 1.51. The zero-order valence-corrected chi connectivity index (χ0v) is 10.5. The van der Waals surface area contributed by atoms with Crippen molar-refractivity contribution in [2.24, 2.45) is 5.92 Å². The van der Waals surface area contributed by atoms with Crippen molar-refractivity contribution in [1.82, 2.24) is 5.32 Å². The molecule has 0 fully saturated rings. The summed E-state index contributed by atoms with van der Waals surface area (Å²) in [5.41, 5.74) is 1.04. The van der Waals surface area contributed by atoms with E-state index in [1.54, 1.807) is 12.1 Å². The van der Waals surface area contributed by atoms with Crippen LogP contribution >= 0.6 is 0 Å². The zero-order chi connectivity index (χ0) is 12.7. The van der Waals surface area contributed by atoms with E-state index < -0.39 is 0 Å². The summed E-state index contributed by atoms with van der Waals surface area (Å²) in [6, 6.07) is 6.37. The second kappa shape index (κ2) is 7.05. The van der Waals surface area contributed by atoms with Gasteiger partial charge in [-0.1, -0.05) is 26.0 Å². The molecule has 1 amide bonds. The van der Waals surface area contributed by atoms with E-state index in [1.807, 2.05) is 0 Å². The van der Waals surface area contributed by atoms with Crippen LogP contribution in [0.4, 0.5) is 4.39 Å². The van der Waals surface area contributed by atoms with Crippen LogP contribution in [-0.4, -0.2) is 12.5 Å². The van der Waals surface area contributed by atoms with Crippen molar-refractivity contribution in [1.29, 1.82) is 0 Å². The molecule has 0 bridgehead atoms. The first-order valence-electron chi connectivity index (χ1n) is 6.09. The first-order valence-corrected chi connectivity index (χ1v) is 6.09. The largest absolute Gasteiger partial charge is 0.356 e. The summed E-state index contributed by atoms with van der Waals surface area (Å²) in [4.78, 5) is 11.4. The number of rotatable bonds is 6. The molecule has 1 aromatic rings. The van der Waals surface area contributed by atoms with Crippen molar-refractivity contribution in [2.75, 3.05) is 6.54 Å². The molecule has 0 aliphatic carbocycles. The Morgan fingerprint density at radius 2 is 1.94 bits per heavy atom. The first-order chi connectivity index (χ1) is 8.08. The second-order valence-electron chi connectivity index (χ2n) is 4.66. The van der Waals surface area contributed by atoms with Crippen LogP contribution in [0.5, 0.6) is 0 Å². The average Bonchev–Trinajstić information content (AvgIpc) is 2.29. The Balaban J connectivity index is 2.19. The lowest BCUT2D eigenvalue weighted by atomic mass is 10.1. The Morgan fingerprint density at radius 3 is 2.53 bits per heavy atom. The van der Waals surface area contributed by atoms with Crippen molar-refractivity contribution in [3.8, 4) is 0 Å². The third-order valence-corrected chi connectivity index (χ3v) is 2.60. The molecule has 0 saturated heterocycles. The van der Waals surface area contributed by atoms with E-state index in [0.29, 0.717) is 18.9 Å². The summed E-state index contributed by atoms with van der Waals surface area (Å²) < 4.78 is 12.6. The molecule has 0 aromatic heterocycles. The minimum absolute atomic E-state index is 0.0980. The lowest BCUT2D eigenvalue weighted by Crippen LogP contribution is -2.25. The molecule has 0 unspecified atom stereocenters. The Kier molecular flexibility index (Phi) is 5.67. The highest BCUT2D eigenvalue weighted by molar-refractivity contribution is 5.75. The number of hydrogen-bond donors (Lipinski definition) is 1. The maximum absolute atomic E-state index is 12.6. The third-order valence-electron chi connectivity index (χ3n) is 2.60. The molecule has 0 radical (unpaired) electrons. The van der Waals surface area contributed by atoms with E-state index in [2.05, 4.69) is 19.2 Å². The van der Waals surface area contributed by atoms with E-state index in [4.69, 9.17) is 0 Å². The predicted molar refractivity (Wildman–Crippen MR) is 67.2 cm³/mol. The Labute approximate surface area is 102 Å². The molecule has 3 heteroatoms. The highest BCUT2D eigenvalue weighted by atomic mass is 19.1. The fourth-order valence-corrected chi connectivity index (χ4v) is 1.51.